The number of aromatic nitrogens is 4. The van der Waals surface area contributed by atoms with Crippen LogP contribution in [0.2, 0.25) is 0 Å². The molecule has 4 rings (SSSR count). The minimum atomic E-state index is -0.121. The molecule has 2 aromatic heterocycles. The van der Waals surface area contributed by atoms with Crippen LogP contribution in [0.25, 0.3) is 10.9 Å². The molecular weight excluding hydrogens is 398 g/mol. The predicted octanol–water partition coefficient (Wildman–Crippen LogP) is 4.24. The number of nitrogens with zero attached hydrogens (tertiary/aromatic N) is 4. The summed E-state index contributed by atoms with van der Waals surface area (Å²) in [4.78, 5) is 30.2. The van der Waals surface area contributed by atoms with E-state index in [-0.39, 0.29) is 17.2 Å². The minimum Gasteiger partial charge on any atom is -0.310 e. The van der Waals surface area contributed by atoms with E-state index >= 15 is 0 Å². The van der Waals surface area contributed by atoms with E-state index in [4.69, 9.17) is 0 Å². The second kappa shape index (κ2) is 9.47. The molecular formula is C22H27N5O2S. The molecule has 0 bridgehead atoms. The minimum absolute atomic E-state index is 0.0451. The van der Waals surface area contributed by atoms with Crippen molar-refractivity contribution in [3.8, 4) is 0 Å². The third-order valence-corrected chi connectivity index (χ3v) is 6.48. The van der Waals surface area contributed by atoms with Crippen molar-refractivity contribution in [1.82, 2.24) is 19.3 Å². The van der Waals surface area contributed by atoms with Crippen molar-refractivity contribution in [1.29, 1.82) is 0 Å². The zero-order valence-corrected chi connectivity index (χ0v) is 18.0. The lowest BCUT2D eigenvalue weighted by molar-refractivity contribution is -0.113. The summed E-state index contributed by atoms with van der Waals surface area (Å²) in [6, 6.07) is 9.57. The fourth-order valence-electron chi connectivity index (χ4n) is 3.93. The van der Waals surface area contributed by atoms with E-state index < -0.39 is 0 Å². The van der Waals surface area contributed by atoms with Crippen LogP contribution in [-0.4, -0.2) is 31.0 Å². The maximum Gasteiger partial charge on any atom is 0.262 e. The molecule has 7 nitrogen and oxygen atoms in total. The lowest BCUT2D eigenvalue weighted by Crippen LogP contribution is -2.24. The first-order valence-electron chi connectivity index (χ1n) is 10.6. The van der Waals surface area contributed by atoms with Gasteiger partial charge in [-0.3, -0.25) is 14.2 Å². The molecule has 1 aliphatic rings. The SMILES string of the molecule is CCCCn1c(SCC(=O)Nc2ccnn2C2CCCC2)nc2ccccc2c1=O. The lowest BCUT2D eigenvalue weighted by Gasteiger charge is -2.15. The Kier molecular flexibility index (Phi) is 6.52. The van der Waals surface area contributed by atoms with Gasteiger partial charge in [-0.25, -0.2) is 9.67 Å². The van der Waals surface area contributed by atoms with Crippen molar-refractivity contribution in [3.05, 3.63) is 46.9 Å². The summed E-state index contributed by atoms with van der Waals surface area (Å²) in [6.45, 7) is 2.69. The average molecular weight is 426 g/mol. The van der Waals surface area contributed by atoms with Crippen LogP contribution in [0.15, 0.2) is 46.5 Å². The fourth-order valence-corrected chi connectivity index (χ4v) is 4.76. The molecule has 3 aromatic rings. The number of amides is 1. The third kappa shape index (κ3) is 4.43. The van der Waals surface area contributed by atoms with Gasteiger partial charge < -0.3 is 5.32 Å². The van der Waals surface area contributed by atoms with Crippen molar-refractivity contribution >= 4 is 34.4 Å². The highest BCUT2D eigenvalue weighted by atomic mass is 32.2. The van der Waals surface area contributed by atoms with Crippen molar-refractivity contribution in [2.45, 2.75) is 63.2 Å². The van der Waals surface area contributed by atoms with E-state index in [1.807, 2.05) is 28.9 Å². The molecule has 1 aromatic carbocycles. The van der Waals surface area contributed by atoms with E-state index in [1.165, 1.54) is 24.6 Å². The number of fused-ring (bicyclic) bond motifs is 1. The fraction of sp³-hybridized carbons (Fsp3) is 0.455. The molecule has 2 heterocycles. The zero-order valence-electron chi connectivity index (χ0n) is 17.2. The molecule has 8 heteroatoms. The maximum absolute atomic E-state index is 12.9. The Morgan fingerprint density at radius 2 is 2.03 bits per heavy atom. The molecule has 30 heavy (non-hydrogen) atoms. The molecule has 1 aliphatic carbocycles. The van der Waals surface area contributed by atoms with Crippen molar-refractivity contribution in [2.75, 3.05) is 11.1 Å². The molecule has 0 atom stereocenters. The highest BCUT2D eigenvalue weighted by molar-refractivity contribution is 7.99. The molecule has 0 aliphatic heterocycles. The van der Waals surface area contributed by atoms with Crippen LogP contribution >= 0.6 is 11.8 Å². The van der Waals surface area contributed by atoms with Crippen LogP contribution < -0.4 is 10.9 Å². The first kappa shape index (κ1) is 20.7. The summed E-state index contributed by atoms with van der Waals surface area (Å²) in [5.41, 5.74) is 0.619. The van der Waals surface area contributed by atoms with E-state index in [0.717, 1.165) is 31.5 Å². The summed E-state index contributed by atoms with van der Waals surface area (Å²) >= 11 is 1.30. The molecule has 0 unspecified atom stereocenters. The van der Waals surface area contributed by atoms with Gasteiger partial charge in [-0.05, 0) is 31.4 Å². The Balaban J connectivity index is 1.50. The number of carbonyl (C=O) groups excluding carboxylic acids is 1. The van der Waals surface area contributed by atoms with Crippen LogP contribution in [0.1, 0.15) is 51.5 Å². The summed E-state index contributed by atoms with van der Waals surface area (Å²) in [6.07, 6.45) is 8.21. The number of thioether (sulfide) groups is 1. The third-order valence-electron chi connectivity index (χ3n) is 5.50. The smallest absolute Gasteiger partial charge is 0.262 e. The topological polar surface area (TPSA) is 81.8 Å². The summed E-state index contributed by atoms with van der Waals surface area (Å²) < 4.78 is 3.63. The first-order valence-corrected chi connectivity index (χ1v) is 11.6. The Morgan fingerprint density at radius 1 is 1.23 bits per heavy atom. The lowest BCUT2D eigenvalue weighted by atomic mass is 10.2. The highest BCUT2D eigenvalue weighted by Gasteiger charge is 2.21. The number of anilines is 1. The van der Waals surface area contributed by atoms with E-state index in [1.54, 1.807) is 16.8 Å². The quantitative estimate of drug-likeness (QED) is 0.431. The van der Waals surface area contributed by atoms with Crippen molar-refractivity contribution < 1.29 is 4.79 Å². The van der Waals surface area contributed by atoms with E-state index in [9.17, 15) is 9.59 Å². The number of benzene rings is 1. The summed E-state index contributed by atoms with van der Waals surface area (Å²) in [5, 5.41) is 8.58. The van der Waals surface area contributed by atoms with Crippen molar-refractivity contribution in [2.24, 2.45) is 0 Å². The normalized spacial score (nSPS) is 14.4. The van der Waals surface area contributed by atoms with E-state index in [2.05, 4.69) is 22.3 Å². The van der Waals surface area contributed by atoms with Gasteiger partial charge in [0.25, 0.3) is 5.56 Å². The van der Waals surface area contributed by atoms with Gasteiger partial charge in [-0.15, -0.1) is 0 Å². The Morgan fingerprint density at radius 3 is 2.83 bits per heavy atom. The number of rotatable bonds is 8. The number of unbranched alkanes of at least 4 members (excludes halogenated alkanes) is 1. The second-order valence-electron chi connectivity index (χ2n) is 7.66. The number of hydrogen-bond acceptors (Lipinski definition) is 5. The van der Waals surface area contributed by atoms with Gasteiger partial charge in [0.2, 0.25) is 5.91 Å². The van der Waals surface area contributed by atoms with E-state index in [0.29, 0.717) is 28.6 Å². The number of hydrogen-bond donors (Lipinski definition) is 1. The largest absolute Gasteiger partial charge is 0.310 e. The first-order chi connectivity index (χ1) is 14.7. The second-order valence-corrected chi connectivity index (χ2v) is 8.60. The van der Waals surface area contributed by atoms with Gasteiger partial charge in [0.05, 0.1) is 28.9 Å². The molecule has 158 valence electrons. The molecule has 1 amide bonds. The molecule has 0 saturated heterocycles. The molecule has 1 N–H and O–H groups in total. The van der Waals surface area contributed by atoms with Crippen LogP contribution in [0.3, 0.4) is 0 Å². The molecule has 0 spiro atoms. The van der Waals surface area contributed by atoms with Crippen molar-refractivity contribution in [3.63, 3.8) is 0 Å². The monoisotopic (exact) mass is 425 g/mol. The molecule has 1 fully saturated rings. The molecule has 0 radical (unpaired) electrons. The standard InChI is InChI=1S/C22H27N5O2S/c1-2-3-14-26-21(29)17-10-6-7-11-18(17)24-22(26)30-15-20(28)25-19-12-13-23-27(19)16-8-4-5-9-16/h6-7,10-13,16H,2-5,8-9,14-15H2,1H3,(H,25,28). The van der Waals surface area contributed by atoms with Gasteiger partial charge in [-0.2, -0.15) is 5.10 Å². The summed E-state index contributed by atoms with van der Waals surface area (Å²) in [7, 11) is 0. The number of nitrogens with one attached hydrogen (secondary N) is 1. The van der Waals surface area contributed by atoms with Crippen LogP contribution in [0, 0.1) is 0 Å². The van der Waals surface area contributed by atoms with Gasteiger partial charge in [0.15, 0.2) is 5.16 Å². The predicted molar refractivity (Wildman–Crippen MR) is 120 cm³/mol. The van der Waals surface area contributed by atoms with Gasteiger partial charge in [0.1, 0.15) is 5.82 Å². The maximum atomic E-state index is 12.9. The van der Waals surface area contributed by atoms with Crippen LogP contribution in [-0.2, 0) is 11.3 Å². The number of para-hydroxylation sites is 1. The van der Waals surface area contributed by atoms with Gasteiger partial charge >= 0.3 is 0 Å². The zero-order chi connectivity index (χ0) is 20.9. The average Bonchev–Trinajstić information content (AvgIpc) is 3.43. The molecule has 1 saturated carbocycles. The Bertz CT molecular complexity index is 1080. The van der Waals surface area contributed by atoms with Gasteiger partial charge in [-0.1, -0.05) is 50.1 Å². The Hall–Kier alpha value is -2.61. The number of carbonyl (C=O) groups is 1. The van der Waals surface area contributed by atoms with Crippen LogP contribution in [0.4, 0.5) is 5.82 Å². The highest BCUT2D eigenvalue weighted by Crippen LogP contribution is 2.31. The van der Waals surface area contributed by atoms with Crippen LogP contribution in [0.5, 0.6) is 0 Å². The summed E-state index contributed by atoms with van der Waals surface area (Å²) in [5.74, 6) is 0.804. The van der Waals surface area contributed by atoms with Gasteiger partial charge in [0, 0.05) is 12.6 Å². The Labute approximate surface area is 179 Å².